The summed E-state index contributed by atoms with van der Waals surface area (Å²) in [6.07, 6.45) is 2.83. The highest BCUT2D eigenvalue weighted by Gasteiger charge is 2.24. The monoisotopic (exact) mass is 256 g/mol. The van der Waals surface area contributed by atoms with Crippen LogP contribution in [0.4, 0.5) is 4.79 Å². The maximum absolute atomic E-state index is 11.6. The van der Waals surface area contributed by atoms with Gasteiger partial charge in [-0.3, -0.25) is 9.69 Å². The number of hydrogen-bond acceptors (Lipinski definition) is 4. The number of ether oxygens (including phenoxy) is 2. The van der Waals surface area contributed by atoms with Gasteiger partial charge in [-0.25, -0.2) is 4.79 Å². The fraction of sp³-hybridized carbons (Fsp3) is 0.833. The second-order valence-corrected chi connectivity index (χ2v) is 4.76. The quantitative estimate of drug-likeness (QED) is 0.771. The maximum atomic E-state index is 11.6. The Kier molecular flexibility index (Phi) is 4.81. The zero-order chi connectivity index (χ0) is 12.8. The summed E-state index contributed by atoms with van der Waals surface area (Å²) in [6, 6.07) is 0. The van der Waals surface area contributed by atoms with Crippen LogP contribution in [-0.4, -0.2) is 56.4 Å². The standard InChI is InChI=1S/C12H20N2O4/c15-11(8-14-5-7-18-12(14)16)13-4-3-10-2-1-6-17-9-10/h10H,1-9H2,(H,13,15)/t10-/m1/s1. The molecule has 2 aliphatic heterocycles. The molecule has 1 N–H and O–H groups in total. The number of carbonyl (C=O) groups is 2. The topological polar surface area (TPSA) is 67.9 Å². The number of carbonyl (C=O) groups excluding carboxylic acids is 2. The van der Waals surface area contributed by atoms with Crippen molar-refractivity contribution in [2.45, 2.75) is 19.3 Å². The molecule has 0 aromatic heterocycles. The van der Waals surface area contributed by atoms with Crippen LogP contribution in [0.2, 0.25) is 0 Å². The van der Waals surface area contributed by atoms with Crippen LogP contribution in [0.15, 0.2) is 0 Å². The first-order valence-electron chi connectivity index (χ1n) is 6.52. The summed E-state index contributed by atoms with van der Waals surface area (Å²) in [5.41, 5.74) is 0. The van der Waals surface area contributed by atoms with Crippen LogP contribution >= 0.6 is 0 Å². The van der Waals surface area contributed by atoms with Gasteiger partial charge in [0.15, 0.2) is 0 Å². The number of cyclic esters (lactones) is 1. The van der Waals surface area contributed by atoms with Crippen LogP contribution in [0.1, 0.15) is 19.3 Å². The van der Waals surface area contributed by atoms with Crippen molar-refractivity contribution in [1.29, 1.82) is 0 Å². The molecule has 0 spiro atoms. The molecule has 0 aliphatic carbocycles. The van der Waals surface area contributed by atoms with Crippen molar-refractivity contribution in [2.24, 2.45) is 5.92 Å². The Balaban J connectivity index is 1.58. The summed E-state index contributed by atoms with van der Waals surface area (Å²) < 4.78 is 10.1. The van der Waals surface area contributed by atoms with Gasteiger partial charge in [0.1, 0.15) is 13.2 Å². The summed E-state index contributed by atoms with van der Waals surface area (Å²) >= 11 is 0. The van der Waals surface area contributed by atoms with E-state index in [2.05, 4.69) is 5.32 Å². The van der Waals surface area contributed by atoms with Crippen LogP contribution < -0.4 is 5.32 Å². The largest absolute Gasteiger partial charge is 0.448 e. The first-order chi connectivity index (χ1) is 8.75. The Morgan fingerprint density at radius 1 is 1.44 bits per heavy atom. The minimum absolute atomic E-state index is 0.0972. The summed E-state index contributed by atoms with van der Waals surface area (Å²) in [5, 5.41) is 2.83. The molecular formula is C12H20N2O4. The summed E-state index contributed by atoms with van der Waals surface area (Å²) in [7, 11) is 0. The van der Waals surface area contributed by atoms with Gasteiger partial charge in [0.25, 0.3) is 0 Å². The predicted molar refractivity (Wildman–Crippen MR) is 64.1 cm³/mol. The molecule has 18 heavy (non-hydrogen) atoms. The highest BCUT2D eigenvalue weighted by molar-refractivity contribution is 5.82. The zero-order valence-electron chi connectivity index (χ0n) is 10.5. The maximum Gasteiger partial charge on any atom is 0.410 e. The lowest BCUT2D eigenvalue weighted by Gasteiger charge is -2.22. The zero-order valence-corrected chi connectivity index (χ0v) is 10.5. The van der Waals surface area contributed by atoms with Gasteiger partial charge in [0, 0.05) is 19.8 Å². The van der Waals surface area contributed by atoms with E-state index in [-0.39, 0.29) is 12.5 Å². The van der Waals surface area contributed by atoms with Crippen molar-refractivity contribution >= 4 is 12.0 Å². The van der Waals surface area contributed by atoms with Crippen LogP contribution in [0, 0.1) is 5.92 Å². The SMILES string of the molecule is O=C(CN1CCOC1=O)NCC[C@H]1CCCOC1. The van der Waals surface area contributed by atoms with Crippen molar-refractivity contribution in [1.82, 2.24) is 10.2 Å². The molecule has 0 bridgehead atoms. The lowest BCUT2D eigenvalue weighted by atomic mass is 9.99. The Hall–Kier alpha value is -1.30. The molecular weight excluding hydrogens is 236 g/mol. The van der Waals surface area contributed by atoms with E-state index in [1.54, 1.807) is 0 Å². The van der Waals surface area contributed by atoms with Gasteiger partial charge in [-0.1, -0.05) is 0 Å². The fourth-order valence-corrected chi connectivity index (χ4v) is 2.25. The van der Waals surface area contributed by atoms with Gasteiger partial charge < -0.3 is 14.8 Å². The number of nitrogens with zero attached hydrogens (tertiary/aromatic N) is 1. The van der Waals surface area contributed by atoms with Crippen LogP contribution in [-0.2, 0) is 14.3 Å². The lowest BCUT2D eigenvalue weighted by molar-refractivity contribution is -0.121. The van der Waals surface area contributed by atoms with Crippen molar-refractivity contribution in [2.75, 3.05) is 39.5 Å². The molecule has 2 heterocycles. The van der Waals surface area contributed by atoms with Gasteiger partial charge in [0.2, 0.25) is 5.91 Å². The molecule has 0 saturated carbocycles. The van der Waals surface area contributed by atoms with E-state index >= 15 is 0 Å². The molecule has 2 saturated heterocycles. The van der Waals surface area contributed by atoms with Crippen molar-refractivity contribution in [3.05, 3.63) is 0 Å². The van der Waals surface area contributed by atoms with Gasteiger partial charge >= 0.3 is 6.09 Å². The van der Waals surface area contributed by atoms with Gasteiger partial charge in [-0.2, -0.15) is 0 Å². The van der Waals surface area contributed by atoms with Crippen LogP contribution in [0.3, 0.4) is 0 Å². The number of rotatable bonds is 5. The highest BCUT2D eigenvalue weighted by Crippen LogP contribution is 2.16. The van der Waals surface area contributed by atoms with Gasteiger partial charge in [0.05, 0.1) is 6.54 Å². The van der Waals surface area contributed by atoms with Crippen molar-refractivity contribution < 1.29 is 19.1 Å². The summed E-state index contributed by atoms with van der Waals surface area (Å²) in [4.78, 5) is 24.1. The van der Waals surface area contributed by atoms with E-state index < -0.39 is 6.09 Å². The Labute approximate surface area is 107 Å². The third-order valence-electron chi connectivity index (χ3n) is 3.31. The molecule has 6 heteroatoms. The minimum Gasteiger partial charge on any atom is -0.448 e. The Morgan fingerprint density at radius 3 is 3.00 bits per heavy atom. The number of hydrogen-bond donors (Lipinski definition) is 1. The molecule has 0 radical (unpaired) electrons. The number of amides is 2. The highest BCUT2D eigenvalue weighted by atomic mass is 16.6. The van der Waals surface area contributed by atoms with Crippen LogP contribution in [0.25, 0.3) is 0 Å². The Bertz CT molecular complexity index is 302. The molecule has 0 aromatic rings. The summed E-state index contributed by atoms with van der Waals surface area (Å²) in [6.45, 7) is 3.29. The van der Waals surface area contributed by atoms with Gasteiger partial charge in [-0.05, 0) is 25.2 Å². The Morgan fingerprint density at radius 2 is 2.33 bits per heavy atom. The van der Waals surface area contributed by atoms with E-state index in [4.69, 9.17) is 9.47 Å². The fourth-order valence-electron chi connectivity index (χ4n) is 2.25. The average molecular weight is 256 g/mol. The summed E-state index contributed by atoms with van der Waals surface area (Å²) in [5.74, 6) is 0.432. The first-order valence-corrected chi connectivity index (χ1v) is 6.52. The lowest BCUT2D eigenvalue weighted by Crippen LogP contribution is -2.38. The van der Waals surface area contributed by atoms with E-state index in [9.17, 15) is 9.59 Å². The molecule has 1 atom stereocenters. The van der Waals surface area contributed by atoms with Crippen molar-refractivity contribution in [3.8, 4) is 0 Å². The predicted octanol–water partition coefficient (Wildman–Crippen LogP) is 0.371. The molecule has 2 fully saturated rings. The van der Waals surface area contributed by atoms with E-state index in [1.807, 2.05) is 0 Å². The first kappa shape index (κ1) is 13.1. The molecule has 2 amide bonds. The second-order valence-electron chi connectivity index (χ2n) is 4.76. The van der Waals surface area contributed by atoms with Gasteiger partial charge in [-0.15, -0.1) is 0 Å². The third kappa shape index (κ3) is 3.87. The van der Waals surface area contributed by atoms with E-state index in [0.29, 0.717) is 25.6 Å². The smallest absolute Gasteiger partial charge is 0.410 e. The average Bonchev–Trinajstić information content (AvgIpc) is 2.76. The number of nitrogens with one attached hydrogen (secondary N) is 1. The van der Waals surface area contributed by atoms with Crippen molar-refractivity contribution in [3.63, 3.8) is 0 Å². The molecule has 102 valence electrons. The molecule has 0 unspecified atom stereocenters. The third-order valence-corrected chi connectivity index (χ3v) is 3.31. The molecule has 2 rings (SSSR count). The second kappa shape index (κ2) is 6.58. The normalized spacial score (nSPS) is 23.9. The van der Waals surface area contributed by atoms with E-state index in [0.717, 1.165) is 26.1 Å². The van der Waals surface area contributed by atoms with Crippen LogP contribution in [0.5, 0.6) is 0 Å². The minimum atomic E-state index is -0.397. The molecule has 6 nitrogen and oxygen atoms in total. The molecule has 0 aromatic carbocycles. The molecule has 2 aliphatic rings. The van der Waals surface area contributed by atoms with E-state index in [1.165, 1.54) is 11.3 Å².